The van der Waals surface area contributed by atoms with Gasteiger partial charge in [-0.1, -0.05) is 31.5 Å². The van der Waals surface area contributed by atoms with Crippen LogP contribution in [0, 0.1) is 19.7 Å². The number of anilines is 1. The molecule has 4 rings (SSSR count). The zero-order valence-electron chi connectivity index (χ0n) is 17.1. The minimum Gasteiger partial charge on any atom is -0.397 e. The van der Waals surface area contributed by atoms with Crippen molar-refractivity contribution in [3.63, 3.8) is 0 Å². The zero-order valence-corrected chi connectivity index (χ0v) is 19.5. The van der Waals surface area contributed by atoms with E-state index in [4.69, 9.17) is 17.3 Å². The summed E-state index contributed by atoms with van der Waals surface area (Å²) in [4.78, 5) is 14.2. The summed E-state index contributed by atoms with van der Waals surface area (Å²) in [7, 11) is 0. The number of nitrogens with two attached hydrogens (primary N) is 1. The third-order valence-electron chi connectivity index (χ3n) is 4.67. The lowest BCUT2D eigenvalue weighted by Crippen LogP contribution is -2.56. The van der Waals surface area contributed by atoms with Crippen molar-refractivity contribution in [1.82, 2.24) is 19.8 Å². The molecular formula is C20H23ClFN5OS2. The molecule has 0 spiro atoms. The quantitative estimate of drug-likeness (QED) is 0.534. The molecular weight excluding hydrogens is 445 g/mol. The molecule has 0 saturated carbocycles. The summed E-state index contributed by atoms with van der Waals surface area (Å²) < 4.78 is 16.0. The molecule has 1 aliphatic heterocycles. The third-order valence-corrected chi connectivity index (χ3v) is 7.12. The lowest BCUT2D eigenvalue weighted by atomic mass is 10.1. The summed E-state index contributed by atoms with van der Waals surface area (Å²) in [5, 5.41) is 12.1. The zero-order chi connectivity index (χ0) is 22.0. The van der Waals surface area contributed by atoms with Crippen LogP contribution in [0.2, 0.25) is 5.02 Å². The smallest absolute Gasteiger partial charge is 0.263 e. The molecule has 1 aromatic carbocycles. The first-order valence-corrected chi connectivity index (χ1v) is 11.5. The maximum absolute atomic E-state index is 14.0. The van der Waals surface area contributed by atoms with E-state index in [0.717, 1.165) is 16.6 Å². The van der Waals surface area contributed by atoms with Crippen LogP contribution in [0.15, 0.2) is 23.1 Å². The molecule has 0 atom stereocenters. The van der Waals surface area contributed by atoms with E-state index < -0.39 is 5.82 Å². The van der Waals surface area contributed by atoms with Crippen LogP contribution in [-0.2, 0) is 0 Å². The molecule has 1 amide bonds. The van der Waals surface area contributed by atoms with Gasteiger partial charge in [0.25, 0.3) is 5.91 Å². The lowest BCUT2D eigenvalue weighted by molar-refractivity contribution is 0.0906. The van der Waals surface area contributed by atoms with Crippen LogP contribution in [-0.4, -0.2) is 39.5 Å². The van der Waals surface area contributed by atoms with Crippen molar-refractivity contribution >= 4 is 56.7 Å². The van der Waals surface area contributed by atoms with Crippen molar-refractivity contribution in [2.24, 2.45) is 0 Å². The van der Waals surface area contributed by atoms with Gasteiger partial charge in [-0.25, -0.2) is 8.70 Å². The number of carbonyl (C=O) groups excluding carboxylic acids is 1. The molecule has 10 heteroatoms. The molecule has 160 valence electrons. The van der Waals surface area contributed by atoms with Crippen LogP contribution >= 0.6 is 34.9 Å². The summed E-state index contributed by atoms with van der Waals surface area (Å²) in [6.45, 7) is 8.99. The highest BCUT2D eigenvalue weighted by Gasteiger charge is 2.31. The minimum absolute atomic E-state index is 0.0271. The summed E-state index contributed by atoms with van der Waals surface area (Å²) in [6, 6.07) is 4.88. The number of amides is 1. The van der Waals surface area contributed by atoms with Crippen molar-refractivity contribution in [2.75, 3.05) is 18.8 Å². The first-order valence-electron chi connectivity index (χ1n) is 9.54. The number of hydrogen-bond acceptors (Lipinski definition) is 7. The summed E-state index contributed by atoms with van der Waals surface area (Å²) in [5.41, 5.74) is 8.40. The number of benzene rings is 1. The van der Waals surface area contributed by atoms with E-state index in [1.807, 2.05) is 32.0 Å². The van der Waals surface area contributed by atoms with E-state index in [1.54, 1.807) is 12.1 Å². The minimum atomic E-state index is -0.425. The van der Waals surface area contributed by atoms with Crippen molar-refractivity contribution in [2.45, 2.75) is 38.6 Å². The van der Waals surface area contributed by atoms with E-state index in [2.05, 4.69) is 15.5 Å². The number of nitrogen functional groups attached to an aromatic ring is 1. The number of nitrogens with zero attached hydrogens (tertiary/aromatic N) is 3. The molecule has 2 aromatic heterocycles. The fraction of sp³-hybridized carbons (Fsp3) is 0.350. The van der Waals surface area contributed by atoms with E-state index in [1.165, 1.54) is 29.4 Å². The van der Waals surface area contributed by atoms with Gasteiger partial charge in [0.2, 0.25) is 0 Å². The second-order valence-corrected chi connectivity index (χ2v) is 9.14. The number of nitrogens with one attached hydrogen (secondary N) is 1. The molecule has 3 heterocycles. The first-order chi connectivity index (χ1) is 14.3. The maximum atomic E-state index is 14.0. The van der Waals surface area contributed by atoms with Crippen molar-refractivity contribution in [3.05, 3.63) is 45.2 Å². The van der Waals surface area contributed by atoms with E-state index in [0.29, 0.717) is 33.4 Å². The normalized spacial score (nSPS) is 14.2. The summed E-state index contributed by atoms with van der Waals surface area (Å²) in [5.74, 6) is -0.646. The molecule has 6 nitrogen and oxygen atoms in total. The fourth-order valence-electron chi connectivity index (χ4n) is 2.96. The van der Waals surface area contributed by atoms with Gasteiger partial charge in [-0.2, -0.15) is 5.10 Å². The van der Waals surface area contributed by atoms with Crippen molar-refractivity contribution in [3.8, 4) is 0 Å². The lowest BCUT2D eigenvalue weighted by Gasteiger charge is -2.38. The number of carbonyl (C=O) groups is 1. The van der Waals surface area contributed by atoms with Crippen LogP contribution in [0.1, 0.15) is 34.8 Å². The predicted octanol–water partition coefficient (Wildman–Crippen LogP) is 4.83. The molecule has 1 fully saturated rings. The molecule has 0 unspecified atom stereocenters. The summed E-state index contributed by atoms with van der Waals surface area (Å²) in [6.07, 6.45) is 0. The molecule has 0 radical (unpaired) electrons. The van der Waals surface area contributed by atoms with Crippen LogP contribution in [0.5, 0.6) is 0 Å². The van der Waals surface area contributed by atoms with E-state index in [-0.39, 0.29) is 17.0 Å². The number of rotatable bonds is 4. The van der Waals surface area contributed by atoms with Crippen molar-refractivity contribution < 1.29 is 9.18 Å². The highest BCUT2D eigenvalue weighted by atomic mass is 35.5. The van der Waals surface area contributed by atoms with Crippen LogP contribution in [0.25, 0.3) is 10.2 Å². The second-order valence-electron chi connectivity index (χ2n) is 6.60. The first kappa shape index (κ1) is 22.7. The molecule has 3 aromatic rings. The molecule has 1 aliphatic rings. The predicted molar refractivity (Wildman–Crippen MR) is 123 cm³/mol. The number of aromatic nitrogens is 2. The Morgan fingerprint density at radius 2 is 2.03 bits per heavy atom. The highest BCUT2D eigenvalue weighted by Crippen LogP contribution is 2.36. The second kappa shape index (κ2) is 9.47. The Morgan fingerprint density at radius 3 is 2.73 bits per heavy atom. The fourth-order valence-corrected chi connectivity index (χ4v) is 5.31. The van der Waals surface area contributed by atoms with E-state index in [9.17, 15) is 9.18 Å². The molecule has 3 N–H and O–H groups in total. The van der Waals surface area contributed by atoms with E-state index >= 15 is 0 Å². The van der Waals surface area contributed by atoms with Gasteiger partial charge in [0.15, 0.2) is 5.82 Å². The van der Waals surface area contributed by atoms with Gasteiger partial charge in [0, 0.05) is 18.5 Å². The average Bonchev–Trinajstić information content (AvgIpc) is 3.05. The standard InChI is InChI=1S/C18H17ClFN5OS2.C2H6/c1-8-9(2)23-24-18-13(8)15(21)16(27-18)17(26)22-10-6-25(7-10)28-12-5-3-4-11(19)14(12)20;1-2/h3-5,10H,6-7,21H2,1-2H3,(H,22,26);1-2H3. The monoisotopic (exact) mass is 467 g/mol. The molecule has 0 bridgehead atoms. The topological polar surface area (TPSA) is 84.1 Å². The molecule has 30 heavy (non-hydrogen) atoms. The Balaban J connectivity index is 0.00000124. The molecule has 0 aliphatic carbocycles. The number of thiophene rings is 1. The number of halogens is 2. The van der Waals surface area contributed by atoms with Gasteiger partial charge in [0.1, 0.15) is 9.71 Å². The Hall–Kier alpha value is -1.94. The van der Waals surface area contributed by atoms with Gasteiger partial charge in [-0.05, 0) is 43.5 Å². The number of fused-ring (bicyclic) bond motifs is 1. The third kappa shape index (κ3) is 4.39. The Morgan fingerprint density at radius 1 is 1.33 bits per heavy atom. The van der Waals surface area contributed by atoms with Gasteiger partial charge in [-0.15, -0.1) is 16.4 Å². The Bertz CT molecular complexity index is 1080. The summed E-state index contributed by atoms with van der Waals surface area (Å²) >= 11 is 8.34. The molecule has 1 saturated heterocycles. The largest absolute Gasteiger partial charge is 0.397 e. The van der Waals surface area contributed by atoms with Gasteiger partial charge in [-0.3, -0.25) is 4.79 Å². The SMILES string of the molecule is CC.Cc1nnc2sc(C(=O)NC3CN(Sc4cccc(Cl)c4F)C3)c(N)c2c1C. The Labute approximate surface area is 188 Å². The van der Waals surface area contributed by atoms with Crippen molar-refractivity contribution in [1.29, 1.82) is 0 Å². The number of aryl methyl sites for hydroxylation is 2. The maximum Gasteiger partial charge on any atom is 0.263 e. The van der Waals surface area contributed by atoms with Crippen LogP contribution in [0.3, 0.4) is 0 Å². The number of hydrogen-bond donors (Lipinski definition) is 2. The van der Waals surface area contributed by atoms with Gasteiger partial charge < -0.3 is 11.1 Å². The van der Waals surface area contributed by atoms with Crippen LogP contribution in [0.4, 0.5) is 10.1 Å². The van der Waals surface area contributed by atoms with Gasteiger partial charge in [0.05, 0.1) is 27.3 Å². The van der Waals surface area contributed by atoms with Gasteiger partial charge >= 0.3 is 0 Å². The Kier molecular flexibility index (Phi) is 7.18. The highest BCUT2D eigenvalue weighted by molar-refractivity contribution is 7.97. The van der Waals surface area contributed by atoms with Crippen LogP contribution < -0.4 is 11.1 Å². The average molecular weight is 468 g/mol.